The summed E-state index contributed by atoms with van der Waals surface area (Å²) in [5.41, 5.74) is -0.412. The fraction of sp³-hybridized carbons (Fsp3) is 0.300. The van der Waals surface area contributed by atoms with E-state index in [-0.39, 0.29) is 6.61 Å². The van der Waals surface area contributed by atoms with Gasteiger partial charge in [0.05, 0.1) is 6.61 Å². The summed E-state index contributed by atoms with van der Waals surface area (Å²) in [4.78, 5) is 11.3. The average molecular weight is 212 g/mol. The topological polar surface area (TPSA) is 43.4 Å². The first-order valence-corrected chi connectivity index (χ1v) is 6.05. The van der Waals surface area contributed by atoms with Gasteiger partial charge < -0.3 is 4.52 Å². The largest absolute Gasteiger partial charge is 0.320 e. The first-order valence-electron chi connectivity index (χ1n) is 4.42. The highest BCUT2D eigenvalue weighted by atomic mass is 31.2. The molecule has 0 aliphatic carbocycles. The smallest absolute Gasteiger partial charge is 0.295 e. The van der Waals surface area contributed by atoms with Gasteiger partial charge in [0.15, 0.2) is 0 Å². The highest BCUT2D eigenvalue weighted by Crippen LogP contribution is 2.46. The van der Waals surface area contributed by atoms with Crippen molar-refractivity contribution in [1.29, 1.82) is 0 Å². The summed E-state index contributed by atoms with van der Waals surface area (Å²) in [7, 11) is -3.28. The summed E-state index contributed by atoms with van der Waals surface area (Å²) in [5.74, 6) is 0. The zero-order chi connectivity index (χ0) is 10.6. The normalized spacial score (nSPS) is 14.7. The van der Waals surface area contributed by atoms with Crippen LogP contribution in [0.25, 0.3) is 0 Å². The zero-order valence-electron chi connectivity index (χ0n) is 8.27. The SMILES string of the molecule is CCO[P@@](=O)(C(C)=O)c1ccccc1. The predicted molar refractivity (Wildman–Crippen MR) is 56.0 cm³/mol. The molecular formula is C10H13O3P. The maximum atomic E-state index is 12.1. The third-order valence-corrected chi connectivity index (χ3v) is 4.25. The van der Waals surface area contributed by atoms with Crippen LogP contribution in [0.2, 0.25) is 0 Å². The fourth-order valence-corrected chi connectivity index (χ4v) is 2.78. The van der Waals surface area contributed by atoms with Crippen molar-refractivity contribution < 1.29 is 13.9 Å². The number of benzene rings is 1. The second-order valence-corrected chi connectivity index (χ2v) is 5.33. The van der Waals surface area contributed by atoms with Crippen molar-refractivity contribution in [1.82, 2.24) is 0 Å². The Morgan fingerprint density at radius 3 is 2.36 bits per heavy atom. The minimum atomic E-state index is -3.28. The van der Waals surface area contributed by atoms with Crippen LogP contribution < -0.4 is 5.30 Å². The standard InChI is InChI=1S/C10H13O3P/c1-3-13-14(12,9(2)11)10-7-5-4-6-8-10/h4-8H,3H2,1-2H3/t14-/m0/s1. The minimum Gasteiger partial charge on any atom is -0.320 e. The second-order valence-electron chi connectivity index (χ2n) is 2.82. The lowest BCUT2D eigenvalue weighted by atomic mass is 10.4. The minimum absolute atomic E-state index is 0.270. The van der Waals surface area contributed by atoms with Gasteiger partial charge in [-0.3, -0.25) is 9.36 Å². The van der Waals surface area contributed by atoms with E-state index >= 15 is 0 Å². The maximum Gasteiger partial charge on any atom is 0.295 e. The fourth-order valence-electron chi connectivity index (χ4n) is 1.15. The summed E-state index contributed by atoms with van der Waals surface area (Å²) in [6.07, 6.45) is 0. The lowest BCUT2D eigenvalue weighted by Crippen LogP contribution is -2.12. The molecule has 0 aliphatic heterocycles. The lowest BCUT2D eigenvalue weighted by Gasteiger charge is -2.14. The molecule has 76 valence electrons. The molecule has 1 atom stereocenters. The highest BCUT2D eigenvalue weighted by molar-refractivity contribution is 7.82. The molecule has 0 amide bonds. The molecule has 1 rings (SSSR count). The van der Waals surface area contributed by atoms with Crippen molar-refractivity contribution in [2.24, 2.45) is 0 Å². The van der Waals surface area contributed by atoms with E-state index in [1.165, 1.54) is 6.92 Å². The molecule has 0 spiro atoms. The Balaban J connectivity index is 3.13. The van der Waals surface area contributed by atoms with E-state index in [0.717, 1.165) is 0 Å². The monoisotopic (exact) mass is 212 g/mol. The Bertz CT molecular complexity index is 359. The van der Waals surface area contributed by atoms with Crippen LogP contribution in [0.15, 0.2) is 30.3 Å². The Morgan fingerprint density at radius 2 is 1.93 bits per heavy atom. The van der Waals surface area contributed by atoms with E-state index in [4.69, 9.17) is 4.52 Å². The molecule has 1 aromatic carbocycles. The molecule has 3 nitrogen and oxygen atoms in total. The van der Waals surface area contributed by atoms with Gasteiger partial charge in [0.2, 0.25) is 5.52 Å². The zero-order valence-corrected chi connectivity index (χ0v) is 9.16. The summed E-state index contributed by atoms with van der Waals surface area (Å²) in [5, 5.41) is 0.467. The number of carbonyl (C=O) groups excluding carboxylic acids is 1. The van der Waals surface area contributed by atoms with Gasteiger partial charge in [-0.15, -0.1) is 0 Å². The Labute approximate surface area is 83.5 Å². The number of rotatable bonds is 4. The van der Waals surface area contributed by atoms with Gasteiger partial charge in [-0.1, -0.05) is 18.2 Å². The van der Waals surface area contributed by atoms with Gasteiger partial charge in [0.25, 0.3) is 7.37 Å². The van der Waals surface area contributed by atoms with Gasteiger partial charge >= 0.3 is 0 Å². The van der Waals surface area contributed by atoms with Crippen molar-refractivity contribution in [3.63, 3.8) is 0 Å². The van der Waals surface area contributed by atoms with Crippen LogP contribution in [-0.2, 0) is 13.9 Å². The number of hydrogen-bond acceptors (Lipinski definition) is 3. The second kappa shape index (κ2) is 4.54. The van der Waals surface area contributed by atoms with E-state index in [9.17, 15) is 9.36 Å². The van der Waals surface area contributed by atoms with Crippen LogP contribution in [0.4, 0.5) is 0 Å². The molecule has 0 heterocycles. The summed E-state index contributed by atoms with van der Waals surface area (Å²) >= 11 is 0. The lowest BCUT2D eigenvalue weighted by molar-refractivity contribution is -0.110. The van der Waals surface area contributed by atoms with Crippen LogP contribution in [0.5, 0.6) is 0 Å². The molecule has 1 aromatic rings. The average Bonchev–Trinajstić information content (AvgIpc) is 2.19. The van der Waals surface area contributed by atoms with Gasteiger partial charge in [-0.2, -0.15) is 0 Å². The molecule has 0 aromatic heterocycles. The quantitative estimate of drug-likeness (QED) is 0.718. The molecule has 0 unspecified atom stereocenters. The van der Waals surface area contributed by atoms with E-state index in [0.29, 0.717) is 5.30 Å². The highest BCUT2D eigenvalue weighted by Gasteiger charge is 2.30. The number of carbonyl (C=O) groups is 1. The molecule has 14 heavy (non-hydrogen) atoms. The van der Waals surface area contributed by atoms with Crippen molar-refractivity contribution in [2.45, 2.75) is 13.8 Å². The van der Waals surface area contributed by atoms with E-state index < -0.39 is 12.9 Å². The van der Waals surface area contributed by atoms with E-state index in [1.54, 1.807) is 37.3 Å². The van der Waals surface area contributed by atoms with Crippen LogP contribution >= 0.6 is 7.37 Å². The van der Waals surface area contributed by atoms with Crippen molar-refractivity contribution in [3.8, 4) is 0 Å². The maximum absolute atomic E-state index is 12.1. The summed E-state index contributed by atoms with van der Waals surface area (Å²) in [6.45, 7) is 3.29. The molecule has 0 saturated heterocycles. The molecule has 0 N–H and O–H groups in total. The van der Waals surface area contributed by atoms with Gasteiger partial charge in [0, 0.05) is 12.2 Å². The van der Waals surface area contributed by atoms with E-state index in [2.05, 4.69) is 0 Å². The van der Waals surface area contributed by atoms with Gasteiger partial charge in [-0.05, 0) is 19.1 Å². The number of hydrogen-bond donors (Lipinski definition) is 0. The summed E-state index contributed by atoms with van der Waals surface area (Å²) in [6, 6.07) is 8.59. The van der Waals surface area contributed by atoms with Crippen LogP contribution in [0.1, 0.15) is 13.8 Å². The molecule has 0 bridgehead atoms. The van der Waals surface area contributed by atoms with Crippen molar-refractivity contribution in [3.05, 3.63) is 30.3 Å². The Morgan fingerprint density at radius 1 is 1.36 bits per heavy atom. The molecule has 0 radical (unpaired) electrons. The van der Waals surface area contributed by atoms with Crippen LogP contribution in [0.3, 0.4) is 0 Å². The molecular weight excluding hydrogens is 199 g/mol. The third kappa shape index (κ3) is 2.11. The Kier molecular flexibility index (Phi) is 3.62. The third-order valence-electron chi connectivity index (χ3n) is 1.82. The van der Waals surface area contributed by atoms with Crippen molar-refractivity contribution >= 4 is 18.2 Å². The molecule has 0 aliphatic rings. The van der Waals surface area contributed by atoms with Gasteiger partial charge in [0.1, 0.15) is 0 Å². The Hall–Kier alpha value is -0.920. The predicted octanol–water partition coefficient (Wildman–Crippen LogP) is 2.17. The molecule has 0 fully saturated rings. The van der Waals surface area contributed by atoms with Crippen molar-refractivity contribution in [2.75, 3.05) is 6.61 Å². The molecule has 0 saturated carbocycles. The first kappa shape index (κ1) is 11.2. The van der Waals surface area contributed by atoms with Crippen LogP contribution in [-0.4, -0.2) is 12.1 Å². The first-order chi connectivity index (χ1) is 6.61. The van der Waals surface area contributed by atoms with E-state index in [1.807, 2.05) is 0 Å². The molecule has 4 heteroatoms. The summed E-state index contributed by atoms with van der Waals surface area (Å²) < 4.78 is 17.2. The van der Waals surface area contributed by atoms with Gasteiger partial charge in [-0.25, -0.2) is 0 Å². The van der Waals surface area contributed by atoms with Crippen LogP contribution in [0, 0.1) is 0 Å².